The van der Waals surface area contributed by atoms with E-state index < -0.39 is 5.82 Å². The molecule has 0 amide bonds. The maximum atomic E-state index is 13.4. The van der Waals surface area contributed by atoms with Crippen LogP contribution in [-0.4, -0.2) is 9.97 Å². The van der Waals surface area contributed by atoms with Crippen LogP contribution in [0.3, 0.4) is 0 Å². The van der Waals surface area contributed by atoms with Gasteiger partial charge in [0.05, 0.1) is 6.20 Å². The Kier molecular flexibility index (Phi) is 3.72. The van der Waals surface area contributed by atoms with E-state index in [2.05, 4.69) is 22.2 Å². The molecule has 1 heterocycles. The molecule has 0 saturated heterocycles. The lowest BCUT2D eigenvalue weighted by Crippen LogP contribution is -2.02. The van der Waals surface area contributed by atoms with Crippen LogP contribution in [0.15, 0.2) is 30.5 Å². The van der Waals surface area contributed by atoms with Crippen LogP contribution in [0.25, 0.3) is 0 Å². The Morgan fingerprint density at radius 2 is 2.00 bits per heavy atom. The third-order valence-electron chi connectivity index (χ3n) is 2.52. The van der Waals surface area contributed by atoms with Crippen LogP contribution in [0.4, 0.5) is 21.8 Å². The first-order valence-corrected chi connectivity index (χ1v) is 5.83. The summed E-state index contributed by atoms with van der Waals surface area (Å²) < 4.78 is 13.4. The van der Waals surface area contributed by atoms with Gasteiger partial charge in [-0.1, -0.05) is 25.5 Å². The smallest absolute Gasteiger partial charge is 0.222 e. The van der Waals surface area contributed by atoms with Gasteiger partial charge in [-0.15, -0.1) is 0 Å². The molecule has 4 nitrogen and oxygen atoms in total. The van der Waals surface area contributed by atoms with Crippen LogP contribution in [0, 0.1) is 5.82 Å². The molecule has 0 aliphatic heterocycles. The molecule has 0 fully saturated rings. The normalized spacial score (nSPS) is 10.3. The summed E-state index contributed by atoms with van der Waals surface area (Å²) in [6.07, 6.45) is 3.19. The van der Waals surface area contributed by atoms with Gasteiger partial charge in [-0.25, -0.2) is 9.37 Å². The summed E-state index contributed by atoms with van der Waals surface area (Å²) in [7, 11) is 0. The summed E-state index contributed by atoms with van der Waals surface area (Å²) in [5.41, 5.74) is 7.44. The molecule has 0 bridgehead atoms. The zero-order valence-corrected chi connectivity index (χ0v) is 10.2. The zero-order chi connectivity index (χ0) is 13.0. The zero-order valence-electron chi connectivity index (χ0n) is 10.2. The van der Waals surface area contributed by atoms with E-state index in [0.29, 0.717) is 0 Å². The first-order valence-electron chi connectivity index (χ1n) is 5.83. The fraction of sp³-hybridized carbons (Fsp3) is 0.231. The molecule has 1 aromatic carbocycles. The standard InChI is InChI=1S/C13H15FN4/c1-2-3-9-4-6-10(7-5-9)17-12-11(14)8-16-13(15)18-12/h4-8H,2-3H2,1H3,(H3,15,16,17,18). The van der Waals surface area contributed by atoms with Gasteiger partial charge in [-0.3, -0.25) is 0 Å². The molecule has 5 heteroatoms. The summed E-state index contributed by atoms with van der Waals surface area (Å²) in [6.45, 7) is 2.13. The second-order valence-electron chi connectivity index (χ2n) is 4.00. The SMILES string of the molecule is CCCc1ccc(Nc2nc(N)ncc2F)cc1. The molecule has 18 heavy (non-hydrogen) atoms. The van der Waals surface area contributed by atoms with Gasteiger partial charge in [0.25, 0.3) is 0 Å². The summed E-state index contributed by atoms with van der Waals surface area (Å²) in [5.74, 6) is -0.394. The fourth-order valence-electron chi connectivity index (χ4n) is 1.65. The summed E-state index contributed by atoms with van der Waals surface area (Å²) in [6, 6.07) is 7.80. The van der Waals surface area contributed by atoms with Crippen molar-refractivity contribution >= 4 is 17.5 Å². The molecule has 0 radical (unpaired) electrons. The molecule has 2 aromatic rings. The third kappa shape index (κ3) is 2.94. The molecule has 1 aromatic heterocycles. The molecule has 0 aliphatic rings. The molecule has 0 atom stereocenters. The Labute approximate surface area is 105 Å². The van der Waals surface area contributed by atoms with E-state index in [1.807, 2.05) is 24.3 Å². The average Bonchev–Trinajstić information content (AvgIpc) is 2.37. The van der Waals surface area contributed by atoms with E-state index in [9.17, 15) is 4.39 Å². The maximum Gasteiger partial charge on any atom is 0.222 e. The Bertz CT molecular complexity index is 525. The Hall–Kier alpha value is -2.17. The van der Waals surface area contributed by atoms with Crippen molar-refractivity contribution in [3.8, 4) is 0 Å². The van der Waals surface area contributed by atoms with E-state index in [1.165, 1.54) is 5.56 Å². The van der Waals surface area contributed by atoms with Gasteiger partial charge in [0.1, 0.15) is 0 Å². The number of nitrogen functional groups attached to an aromatic ring is 1. The van der Waals surface area contributed by atoms with Crippen molar-refractivity contribution in [1.82, 2.24) is 9.97 Å². The van der Waals surface area contributed by atoms with Gasteiger partial charge >= 0.3 is 0 Å². The first kappa shape index (κ1) is 12.3. The quantitative estimate of drug-likeness (QED) is 0.870. The van der Waals surface area contributed by atoms with Gasteiger partial charge in [-0.2, -0.15) is 4.98 Å². The van der Waals surface area contributed by atoms with E-state index >= 15 is 0 Å². The average molecular weight is 246 g/mol. The van der Waals surface area contributed by atoms with E-state index in [1.54, 1.807) is 0 Å². The number of benzene rings is 1. The summed E-state index contributed by atoms with van der Waals surface area (Å²) >= 11 is 0. The van der Waals surface area contributed by atoms with Crippen LogP contribution in [0.5, 0.6) is 0 Å². The van der Waals surface area contributed by atoms with E-state index in [0.717, 1.165) is 24.7 Å². The number of nitrogens with one attached hydrogen (secondary N) is 1. The van der Waals surface area contributed by atoms with Crippen LogP contribution in [0.2, 0.25) is 0 Å². The van der Waals surface area contributed by atoms with Crippen LogP contribution in [0.1, 0.15) is 18.9 Å². The van der Waals surface area contributed by atoms with Crippen LogP contribution in [-0.2, 0) is 6.42 Å². The number of hydrogen-bond donors (Lipinski definition) is 2. The predicted octanol–water partition coefficient (Wildman–Crippen LogP) is 2.89. The predicted molar refractivity (Wildman–Crippen MR) is 70.1 cm³/mol. The minimum atomic E-state index is -0.526. The van der Waals surface area contributed by atoms with Crippen LogP contribution >= 0.6 is 0 Å². The number of nitrogens with zero attached hydrogens (tertiary/aromatic N) is 2. The highest BCUT2D eigenvalue weighted by atomic mass is 19.1. The van der Waals surface area contributed by atoms with Gasteiger partial charge < -0.3 is 11.1 Å². The molecule has 0 spiro atoms. The lowest BCUT2D eigenvalue weighted by atomic mass is 10.1. The Balaban J connectivity index is 2.15. The van der Waals surface area contributed by atoms with Crippen molar-refractivity contribution in [2.45, 2.75) is 19.8 Å². The highest BCUT2D eigenvalue weighted by Gasteiger charge is 2.05. The Morgan fingerprint density at radius 3 is 2.67 bits per heavy atom. The van der Waals surface area contributed by atoms with Gasteiger partial charge in [0, 0.05) is 5.69 Å². The van der Waals surface area contributed by atoms with Crippen molar-refractivity contribution in [2.24, 2.45) is 0 Å². The third-order valence-corrected chi connectivity index (χ3v) is 2.52. The number of nitrogens with two attached hydrogens (primary N) is 1. The number of rotatable bonds is 4. The van der Waals surface area contributed by atoms with E-state index in [-0.39, 0.29) is 11.8 Å². The van der Waals surface area contributed by atoms with Gasteiger partial charge in [0.2, 0.25) is 5.95 Å². The molecule has 0 saturated carbocycles. The first-order chi connectivity index (χ1) is 8.69. The van der Waals surface area contributed by atoms with Crippen molar-refractivity contribution < 1.29 is 4.39 Å². The van der Waals surface area contributed by atoms with E-state index in [4.69, 9.17) is 5.73 Å². The molecule has 3 N–H and O–H groups in total. The number of hydrogen-bond acceptors (Lipinski definition) is 4. The second kappa shape index (κ2) is 5.44. The summed E-state index contributed by atoms with van der Waals surface area (Å²) in [5, 5.41) is 2.88. The lowest BCUT2D eigenvalue weighted by molar-refractivity contribution is 0.620. The highest BCUT2D eigenvalue weighted by Crippen LogP contribution is 2.18. The van der Waals surface area contributed by atoms with Crippen molar-refractivity contribution in [3.63, 3.8) is 0 Å². The number of halogens is 1. The lowest BCUT2D eigenvalue weighted by Gasteiger charge is -2.07. The summed E-state index contributed by atoms with van der Waals surface area (Å²) in [4.78, 5) is 7.38. The molecular weight excluding hydrogens is 231 g/mol. The molecule has 0 aliphatic carbocycles. The molecule has 94 valence electrons. The molecular formula is C13H15FN4. The number of aromatic nitrogens is 2. The highest BCUT2D eigenvalue weighted by molar-refractivity contribution is 5.57. The van der Waals surface area contributed by atoms with Crippen LogP contribution < -0.4 is 11.1 Å². The maximum absolute atomic E-state index is 13.4. The number of anilines is 3. The Morgan fingerprint density at radius 1 is 1.28 bits per heavy atom. The topological polar surface area (TPSA) is 63.8 Å². The number of aryl methyl sites for hydroxylation is 1. The van der Waals surface area contributed by atoms with Gasteiger partial charge in [-0.05, 0) is 24.1 Å². The molecule has 0 unspecified atom stereocenters. The largest absolute Gasteiger partial charge is 0.368 e. The van der Waals surface area contributed by atoms with Crippen molar-refractivity contribution in [2.75, 3.05) is 11.1 Å². The van der Waals surface area contributed by atoms with Crippen molar-refractivity contribution in [3.05, 3.63) is 41.8 Å². The van der Waals surface area contributed by atoms with Crippen molar-refractivity contribution in [1.29, 1.82) is 0 Å². The minimum Gasteiger partial charge on any atom is -0.368 e. The monoisotopic (exact) mass is 246 g/mol. The second-order valence-corrected chi connectivity index (χ2v) is 4.00. The fourth-order valence-corrected chi connectivity index (χ4v) is 1.65. The molecule has 2 rings (SSSR count). The van der Waals surface area contributed by atoms with Gasteiger partial charge in [0.15, 0.2) is 11.6 Å². The minimum absolute atomic E-state index is 0.0431.